The standard InChI is InChI=1S/C30H30F3N9O3S.C20H25N3O4/c1-17(18-3-6-21(31)7-4-18)45-25-13-19(5-8-24(25)38-46(44)30(32)33)27-26-28(40(2)37-27)23(15-35-29(26)34)20-14-36-42(16-20)22-9-11-41(39-43)12-10-22;1-23(16-10-11-17(25)22-19(16)26)20(27)18-13(12-24)6-5-9-15(18)21-14-7-3-2-4-8-14/h3-8,13-17,22,30,38H,9-12H2,1-2H3,(H2,34,35);5-6,9,12,14,16,21H,2-4,7-8,10-11H2,1H3,(H,22,25,26). The molecule has 1 saturated carbocycles. The molecule has 3 unspecified atom stereocenters. The molecule has 3 aromatic carbocycles. The summed E-state index contributed by atoms with van der Waals surface area (Å²) in [6, 6.07) is 15.2. The molecule has 1 aliphatic carbocycles. The molecule has 0 bridgehead atoms. The van der Waals surface area contributed by atoms with E-state index in [0.29, 0.717) is 58.4 Å². The van der Waals surface area contributed by atoms with Gasteiger partial charge in [-0.3, -0.25) is 43.6 Å². The van der Waals surface area contributed by atoms with Crippen LogP contribution in [-0.4, -0.2) is 101 Å². The van der Waals surface area contributed by atoms with Gasteiger partial charge in [0.15, 0.2) is 17.3 Å². The molecule has 3 aromatic heterocycles. The van der Waals surface area contributed by atoms with E-state index in [4.69, 9.17) is 15.6 Å². The molecule has 5 N–H and O–H groups in total. The largest absolute Gasteiger partial charge is 0.484 e. The van der Waals surface area contributed by atoms with Crippen molar-refractivity contribution in [2.45, 2.75) is 94.7 Å². The van der Waals surface area contributed by atoms with E-state index >= 15 is 0 Å². The van der Waals surface area contributed by atoms with Crippen molar-refractivity contribution in [3.05, 3.63) is 107 Å². The second-order valence-electron chi connectivity index (χ2n) is 18.2. The van der Waals surface area contributed by atoms with E-state index in [9.17, 15) is 41.5 Å². The van der Waals surface area contributed by atoms with Crippen LogP contribution in [0.3, 0.4) is 0 Å². The van der Waals surface area contributed by atoms with Crippen molar-refractivity contribution in [2.24, 2.45) is 12.3 Å². The molecule has 5 heterocycles. The number of nitrogens with two attached hydrogens (primary N) is 1. The molecule has 0 radical (unpaired) electrons. The monoisotopic (exact) mass is 1020 g/mol. The number of carbonyl (C=O) groups excluding carboxylic acids is 4. The third-order valence-corrected chi connectivity index (χ3v) is 14.1. The summed E-state index contributed by atoms with van der Waals surface area (Å²) in [7, 11) is 0.624. The second-order valence-corrected chi connectivity index (χ2v) is 19.3. The van der Waals surface area contributed by atoms with Gasteiger partial charge in [-0.2, -0.15) is 19.0 Å². The number of carbonyl (C=O) groups is 4. The third kappa shape index (κ3) is 11.7. The number of nitrogens with one attached hydrogen (secondary N) is 3. The molecular weight excluding hydrogens is 970 g/mol. The SMILES string of the molecule is CC(Oc1cc(-c2nn(C)c3c(-c4cnn(C5CCN(N=O)CC5)c4)cnc(N)c23)ccc1NS(=O)C(F)F)c1ccc(F)cc1.CN(C(=O)c1c(C=O)cccc1NC1CCCCC1)C1CCC(=O)NC1=O. The Morgan fingerprint density at radius 2 is 1.74 bits per heavy atom. The van der Waals surface area contributed by atoms with E-state index in [0.717, 1.165) is 49.7 Å². The Hall–Kier alpha value is -7.69. The van der Waals surface area contributed by atoms with Crippen LogP contribution in [0.15, 0.2) is 84.5 Å². The number of imide groups is 1. The number of ether oxygens (including phenoxy) is 1. The maximum atomic E-state index is 13.5. The summed E-state index contributed by atoms with van der Waals surface area (Å²) in [4.78, 5) is 64.9. The number of nitroso groups, excluding NO2 is 1. The average molecular weight is 1030 g/mol. The smallest absolute Gasteiger partial charge is 0.330 e. The van der Waals surface area contributed by atoms with Crippen LogP contribution in [0.25, 0.3) is 33.3 Å². The Balaban J connectivity index is 0.000000224. The number of benzene rings is 3. The number of aryl methyl sites for hydroxylation is 1. The van der Waals surface area contributed by atoms with Gasteiger partial charge in [0.25, 0.3) is 5.91 Å². The Morgan fingerprint density at radius 3 is 2.42 bits per heavy atom. The number of hydrogen-bond acceptors (Lipinski definition) is 13. The second kappa shape index (κ2) is 22.8. The lowest BCUT2D eigenvalue weighted by Crippen LogP contribution is -2.53. The van der Waals surface area contributed by atoms with E-state index in [2.05, 4.69) is 30.7 Å². The first-order chi connectivity index (χ1) is 35.1. The van der Waals surface area contributed by atoms with Gasteiger partial charge in [0.1, 0.15) is 35.2 Å². The van der Waals surface area contributed by atoms with E-state index in [1.54, 1.807) is 73.5 Å². The quantitative estimate of drug-likeness (QED) is 0.0432. The number of aromatic nitrogens is 5. The molecular formula is C50H55F3N12O7S. The molecule has 23 heteroatoms. The van der Waals surface area contributed by atoms with Crippen molar-refractivity contribution < 1.29 is 41.3 Å². The highest BCUT2D eigenvalue weighted by molar-refractivity contribution is 7.86. The van der Waals surface area contributed by atoms with Gasteiger partial charge in [-0.05, 0) is 74.9 Å². The Labute approximate surface area is 420 Å². The molecule has 19 nitrogen and oxygen atoms in total. The number of alkyl halides is 2. The number of fused-ring (bicyclic) bond motifs is 1. The minimum Gasteiger partial charge on any atom is -0.484 e. The topological polar surface area (TPSA) is 241 Å². The maximum absolute atomic E-state index is 13.5. The number of amides is 3. The predicted molar refractivity (Wildman–Crippen MR) is 269 cm³/mol. The molecule has 384 valence electrons. The summed E-state index contributed by atoms with van der Waals surface area (Å²) in [5.74, 6) is -4.39. The number of piperidine rings is 2. The van der Waals surface area contributed by atoms with E-state index in [1.165, 1.54) is 41.6 Å². The van der Waals surface area contributed by atoms with Gasteiger partial charge in [0.2, 0.25) is 11.8 Å². The summed E-state index contributed by atoms with van der Waals surface area (Å²) in [6.45, 7) is 2.84. The van der Waals surface area contributed by atoms with Crippen molar-refractivity contribution in [1.29, 1.82) is 0 Å². The van der Waals surface area contributed by atoms with Crippen LogP contribution in [0.4, 0.5) is 30.4 Å². The number of rotatable bonds is 15. The molecule has 0 spiro atoms. The highest BCUT2D eigenvalue weighted by Crippen LogP contribution is 2.41. The minimum atomic E-state index is -3.13. The zero-order valence-corrected chi connectivity index (χ0v) is 41.1. The van der Waals surface area contributed by atoms with Crippen molar-refractivity contribution >= 4 is 63.1 Å². The van der Waals surface area contributed by atoms with E-state index < -0.39 is 46.5 Å². The van der Waals surface area contributed by atoms with Gasteiger partial charge in [-0.25, -0.2) is 13.6 Å². The molecule has 3 aliphatic rings. The predicted octanol–water partition coefficient (Wildman–Crippen LogP) is 8.10. The average Bonchev–Trinajstić information content (AvgIpc) is 4.03. The molecule has 2 saturated heterocycles. The zero-order valence-electron chi connectivity index (χ0n) is 40.3. The van der Waals surface area contributed by atoms with E-state index in [1.807, 2.05) is 10.9 Å². The molecule has 2 aliphatic heterocycles. The highest BCUT2D eigenvalue weighted by atomic mass is 32.2. The number of anilines is 3. The molecule has 9 rings (SSSR count). The van der Waals surface area contributed by atoms with Gasteiger partial charge < -0.3 is 20.7 Å². The highest BCUT2D eigenvalue weighted by Gasteiger charge is 2.34. The van der Waals surface area contributed by atoms with Gasteiger partial charge in [-0.15, -0.1) is 4.91 Å². The number of nitrogen functional groups attached to an aromatic ring is 1. The molecule has 73 heavy (non-hydrogen) atoms. The van der Waals surface area contributed by atoms with Crippen LogP contribution in [0.5, 0.6) is 5.75 Å². The van der Waals surface area contributed by atoms with Crippen LogP contribution in [-0.2, 0) is 27.6 Å². The normalized spacial score (nSPS) is 17.3. The maximum Gasteiger partial charge on any atom is 0.330 e. The summed E-state index contributed by atoms with van der Waals surface area (Å²) < 4.78 is 64.0. The summed E-state index contributed by atoms with van der Waals surface area (Å²) in [5, 5.41) is 20.1. The molecule has 3 fully saturated rings. The molecule has 3 amide bonds. The Kier molecular flexibility index (Phi) is 16.1. The van der Waals surface area contributed by atoms with Gasteiger partial charge in [-0.1, -0.05) is 49.6 Å². The van der Waals surface area contributed by atoms with Crippen molar-refractivity contribution in [3.8, 4) is 28.1 Å². The third-order valence-electron chi connectivity index (χ3n) is 13.4. The Morgan fingerprint density at radius 1 is 1.00 bits per heavy atom. The summed E-state index contributed by atoms with van der Waals surface area (Å²) in [6.07, 6.45) is 12.9. The molecule has 6 aromatic rings. The molecule has 3 atom stereocenters. The van der Waals surface area contributed by atoms with Crippen LogP contribution in [0, 0.1) is 10.7 Å². The van der Waals surface area contributed by atoms with Crippen molar-refractivity contribution in [3.63, 3.8) is 0 Å². The van der Waals surface area contributed by atoms with Crippen molar-refractivity contribution in [2.75, 3.05) is 35.9 Å². The number of nitrogens with zero attached hydrogens (tertiary/aromatic N) is 8. The number of hydrogen-bond donors (Lipinski definition) is 4. The van der Waals surface area contributed by atoms with Gasteiger partial charge in [0.05, 0.1) is 39.7 Å². The lowest BCUT2D eigenvalue weighted by atomic mass is 9.94. The van der Waals surface area contributed by atoms with Gasteiger partial charge in [0, 0.05) is 80.0 Å². The van der Waals surface area contributed by atoms with Crippen LogP contribution in [0.2, 0.25) is 0 Å². The van der Waals surface area contributed by atoms with Crippen molar-refractivity contribution in [1.82, 2.24) is 39.8 Å². The number of pyridine rings is 1. The lowest BCUT2D eigenvalue weighted by Gasteiger charge is -2.31. The van der Waals surface area contributed by atoms with Crippen LogP contribution in [0.1, 0.15) is 103 Å². The van der Waals surface area contributed by atoms with E-state index in [-0.39, 0.29) is 53.7 Å². The Bertz CT molecular complexity index is 3030. The number of likely N-dealkylation sites (N-methyl/N-ethyl adjacent to an activating group) is 1. The first-order valence-corrected chi connectivity index (χ1v) is 25.1. The minimum absolute atomic E-state index is 0.0746. The fourth-order valence-corrected chi connectivity index (χ4v) is 9.96. The first-order valence-electron chi connectivity index (χ1n) is 23.8. The van der Waals surface area contributed by atoms with Gasteiger partial charge >= 0.3 is 5.76 Å². The first kappa shape index (κ1) is 51.7. The zero-order chi connectivity index (χ0) is 51.9. The fraction of sp³-hybridized carbons (Fsp3) is 0.380. The van der Waals surface area contributed by atoms with Crippen LogP contribution >= 0.6 is 0 Å². The number of aldehydes is 1. The number of halogens is 3. The van der Waals surface area contributed by atoms with Crippen LogP contribution < -0.4 is 25.8 Å². The summed E-state index contributed by atoms with van der Waals surface area (Å²) >= 11 is 0. The fourth-order valence-electron chi connectivity index (χ4n) is 9.48. The lowest BCUT2D eigenvalue weighted by molar-refractivity contribution is -0.136. The summed E-state index contributed by atoms with van der Waals surface area (Å²) in [5.41, 5.74) is 11.6.